The van der Waals surface area contributed by atoms with Gasteiger partial charge in [-0.1, -0.05) is 60.2 Å². The molecule has 0 atom stereocenters. The Bertz CT molecular complexity index is 1210. The van der Waals surface area contributed by atoms with E-state index < -0.39 is 0 Å². The molecule has 3 heterocycles. The molecule has 0 saturated carbocycles. The molecule has 0 spiro atoms. The van der Waals surface area contributed by atoms with Crippen LogP contribution in [-0.4, -0.2) is 61.7 Å². The van der Waals surface area contributed by atoms with E-state index in [1.54, 1.807) is 23.1 Å². The fourth-order valence-corrected chi connectivity index (χ4v) is 3.92. The van der Waals surface area contributed by atoms with Crippen LogP contribution in [0.4, 0.5) is 5.95 Å². The van der Waals surface area contributed by atoms with Crippen LogP contribution < -0.4 is 4.90 Å². The minimum Gasteiger partial charge on any atom is -0.338 e. The lowest BCUT2D eigenvalue weighted by Crippen LogP contribution is -2.50. The minimum atomic E-state index is 0.0289. The Morgan fingerprint density at radius 3 is 2.24 bits per heavy atom. The summed E-state index contributed by atoms with van der Waals surface area (Å²) in [7, 11) is 0. The zero-order chi connectivity index (χ0) is 22.6. The second-order valence-corrected chi connectivity index (χ2v) is 8.07. The summed E-state index contributed by atoms with van der Waals surface area (Å²) < 4.78 is 1.72. The molecule has 4 aromatic rings. The largest absolute Gasteiger partial charge is 0.338 e. The van der Waals surface area contributed by atoms with Gasteiger partial charge in [0.1, 0.15) is 6.54 Å². The number of rotatable bonds is 5. The highest BCUT2D eigenvalue weighted by atomic mass is 16.2. The van der Waals surface area contributed by atoms with E-state index in [1.165, 1.54) is 5.56 Å². The fourth-order valence-electron chi connectivity index (χ4n) is 3.92. The molecule has 2 aromatic carbocycles. The Hall–Kier alpha value is -4.07. The Kier molecular flexibility index (Phi) is 5.80. The summed E-state index contributed by atoms with van der Waals surface area (Å²) >= 11 is 0. The molecular weight excluding hydrogens is 414 g/mol. The van der Waals surface area contributed by atoms with Crippen LogP contribution >= 0.6 is 0 Å². The van der Waals surface area contributed by atoms with Crippen LogP contribution in [0.1, 0.15) is 5.56 Å². The van der Waals surface area contributed by atoms with Gasteiger partial charge in [0.25, 0.3) is 0 Å². The first-order valence-corrected chi connectivity index (χ1v) is 11.0. The number of carbonyl (C=O) groups is 1. The summed E-state index contributed by atoms with van der Waals surface area (Å²) in [5.41, 5.74) is 3.04. The Balaban J connectivity index is 1.35. The first-order valence-electron chi connectivity index (χ1n) is 11.0. The predicted octanol–water partition coefficient (Wildman–Crippen LogP) is 3.06. The molecule has 1 saturated heterocycles. The standard InChI is InChI=1S/C25H25N7O/c1-19-8-10-20(11-9-19)23-28-24(21-6-3-2-4-7-21)32(29-23)18-22(33)30-14-16-31(17-15-30)25-26-12-5-13-27-25/h2-13H,14-18H2,1H3. The number of anilines is 1. The summed E-state index contributed by atoms with van der Waals surface area (Å²) in [6.07, 6.45) is 3.47. The third-order valence-corrected chi connectivity index (χ3v) is 5.77. The molecule has 8 heteroatoms. The first-order chi connectivity index (χ1) is 16.2. The van der Waals surface area contributed by atoms with Crippen molar-refractivity contribution in [2.24, 2.45) is 0 Å². The average molecular weight is 440 g/mol. The summed E-state index contributed by atoms with van der Waals surface area (Å²) in [6.45, 7) is 4.84. The van der Waals surface area contributed by atoms with Crippen LogP contribution in [0.2, 0.25) is 0 Å². The van der Waals surface area contributed by atoms with Gasteiger partial charge in [-0.25, -0.2) is 19.6 Å². The van der Waals surface area contributed by atoms with E-state index in [9.17, 15) is 4.79 Å². The number of aryl methyl sites for hydroxylation is 1. The smallest absolute Gasteiger partial charge is 0.244 e. The van der Waals surface area contributed by atoms with E-state index >= 15 is 0 Å². The SMILES string of the molecule is Cc1ccc(-c2nc(-c3ccccc3)n(CC(=O)N3CCN(c4ncccn4)CC3)n2)cc1. The monoisotopic (exact) mass is 439 g/mol. The maximum Gasteiger partial charge on any atom is 0.244 e. The lowest BCUT2D eigenvalue weighted by Gasteiger charge is -2.34. The maximum absolute atomic E-state index is 13.2. The molecule has 1 aliphatic rings. The number of hydrogen-bond acceptors (Lipinski definition) is 6. The van der Waals surface area contributed by atoms with Gasteiger partial charge in [-0.2, -0.15) is 0 Å². The maximum atomic E-state index is 13.2. The Labute approximate surface area is 192 Å². The second kappa shape index (κ2) is 9.20. The molecule has 2 aromatic heterocycles. The number of benzene rings is 2. The van der Waals surface area contributed by atoms with E-state index in [0.29, 0.717) is 43.8 Å². The molecule has 0 aliphatic carbocycles. The normalized spacial score (nSPS) is 13.8. The van der Waals surface area contributed by atoms with Crippen molar-refractivity contribution < 1.29 is 4.79 Å². The zero-order valence-electron chi connectivity index (χ0n) is 18.5. The van der Waals surface area contributed by atoms with Crippen molar-refractivity contribution in [2.75, 3.05) is 31.1 Å². The van der Waals surface area contributed by atoms with Gasteiger partial charge in [-0.05, 0) is 13.0 Å². The second-order valence-electron chi connectivity index (χ2n) is 8.07. The van der Waals surface area contributed by atoms with Crippen molar-refractivity contribution in [2.45, 2.75) is 13.5 Å². The molecule has 0 radical (unpaired) electrons. The first kappa shape index (κ1) is 20.8. The van der Waals surface area contributed by atoms with Crippen LogP contribution in [0.25, 0.3) is 22.8 Å². The van der Waals surface area contributed by atoms with Gasteiger partial charge in [-0.15, -0.1) is 5.10 Å². The highest BCUT2D eigenvalue weighted by molar-refractivity contribution is 5.77. The van der Waals surface area contributed by atoms with Crippen LogP contribution in [0.15, 0.2) is 73.1 Å². The van der Waals surface area contributed by atoms with Crippen LogP contribution in [0, 0.1) is 6.92 Å². The number of amides is 1. The van der Waals surface area contributed by atoms with Crippen molar-refractivity contribution in [1.82, 2.24) is 29.6 Å². The van der Waals surface area contributed by atoms with Gasteiger partial charge in [0.05, 0.1) is 0 Å². The Morgan fingerprint density at radius 1 is 0.848 bits per heavy atom. The number of aromatic nitrogens is 5. The van der Waals surface area contributed by atoms with Gasteiger partial charge < -0.3 is 9.80 Å². The molecule has 0 unspecified atom stereocenters. The summed E-state index contributed by atoms with van der Waals surface area (Å²) in [5, 5.41) is 4.71. The van der Waals surface area contributed by atoms with Gasteiger partial charge in [0.15, 0.2) is 11.6 Å². The number of piperazine rings is 1. The fraction of sp³-hybridized carbons (Fsp3) is 0.240. The van der Waals surface area contributed by atoms with E-state index in [-0.39, 0.29) is 12.5 Å². The summed E-state index contributed by atoms with van der Waals surface area (Å²) in [6, 6.07) is 19.8. The number of hydrogen-bond donors (Lipinski definition) is 0. The quantitative estimate of drug-likeness (QED) is 0.476. The molecule has 0 N–H and O–H groups in total. The zero-order valence-corrected chi connectivity index (χ0v) is 18.5. The highest BCUT2D eigenvalue weighted by Crippen LogP contribution is 2.23. The van der Waals surface area contributed by atoms with E-state index in [0.717, 1.165) is 11.1 Å². The number of carbonyl (C=O) groups excluding carboxylic acids is 1. The van der Waals surface area contributed by atoms with Gasteiger partial charge in [0.2, 0.25) is 11.9 Å². The molecule has 0 bridgehead atoms. The molecule has 1 amide bonds. The van der Waals surface area contributed by atoms with E-state index in [4.69, 9.17) is 10.1 Å². The molecule has 5 rings (SSSR count). The van der Waals surface area contributed by atoms with Crippen LogP contribution in [-0.2, 0) is 11.3 Å². The van der Waals surface area contributed by atoms with E-state index in [1.807, 2.05) is 66.4 Å². The average Bonchev–Trinajstić information content (AvgIpc) is 3.29. The lowest BCUT2D eigenvalue weighted by molar-refractivity contribution is -0.132. The Morgan fingerprint density at radius 2 is 1.55 bits per heavy atom. The lowest BCUT2D eigenvalue weighted by atomic mass is 10.1. The van der Waals surface area contributed by atoms with Gasteiger partial charge in [-0.3, -0.25) is 4.79 Å². The van der Waals surface area contributed by atoms with Gasteiger partial charge >= 0.3 is 0 Å². The third kappa shape index (κ3) is 4.59. The van der Waals surface area contributed by atoms with Crippen molar-refractivity contribution in [3.8, 4) is 22.8 Å². The predicted molar refractivity (Wildman–Crippen MR) is 126 cm³/mol. The molecule has 8 nitrogen and oxygen atoms in total. The minimum absolute atomic E-state index is 0.0289. The molecule has 166 valence electrons. The topological polar surface area (TPSA) is 80.0 Å². The summed E-state index contributed by atoms with van der Waals surface area (Å²) in [5.74, 6) is 2.04. The molecule has 1 aliphatic heterocycles. The van der Waals surface area contributed by atoms with Crippen molar-refractivity contribution in [3.63, 3.8) is 0 Å². The van der Waals surface area contributed by atoms with Crippen LogP contribution in [0.5, 0.6) is 0 Å². The van der Waals surface area contributed by atoms with Crippen LogP contribution in [0.3, 0.4) is 0 Å². The highest BCUT2D eigenvalue weighted by Gasteiger charge is 2.24. The van der Waals surface area contributed by atoms with Gasteiger partial charge in [0, 0.05) is 49.7 Å². The molecule has 33 heavy (non-hydrogen) atoms. The van der Waals surface area contributed by atoms with Crippen molar-refractivity contribution in [3.05, 3.63) is 78.6 Å². The third-order valence-electron chi connectivity index (χ3n) is 5.77. The van der Waals surface area contributed by atoms with Crippen molar-refractivity contribution >= 4 is 11.9 Å². The number of nitrogens with zero attached hydrogens (tertiary/aromatic N) is 7. The van der Waals surface area contributed by atoms with Crippen molar-refractivity contribution in [1.29, 1.82) is 0 Å². The molecule has 1 fully saturated rings. The molecular formula is C25H25N7O. The summed E-state index contributed by atoms with van der Waals surface area (Å²) in [4.78, 5) is 30.6. The van der Waals surface area contributed by atoms with E-state index in [2.05, 4.69) is 14.9 Å².